The lowest BCUT2D eigenvalue weighted by molar-refractivity contribution is -0.384. The molecule has 5 nitrogen and oxygen atoms in total. The SMILES string of the molecule is O=[N+]([O-])c1ccc2ncsc2c1.c1ccc2scnc2c1. The first-order valence-corrected chi connectivity index (χ1v) is 7.76. The molecule has 2 aromatic carbocycles. The van der Waals surface area contributed by atoms with Crippen LogP contribution in [0.3, 0.4) is 0 Å². The third-order valence-corrected chi connectivity index (χ3v) is 4.36. The second kappa shape index (κ2) is 5.94. The number of rotatable bonds is 1. The van der Waals surface area contributed by atoms with E-state index in [0.29, 0.717) is 0 Å². The van der Waals surface area contributed by atoms with E-state index in [1.165, 1.54) is 28.2 Å². The first kappa shape index (κ1) is 13.6. The maximum Gasteiger partial charge on any atom is 0.270 e. The number of aromatic nitrogens is 2. The van der Waals surface area contributed by atoms with Crippen molar-refractivity contribution in [2.24, 2.45) is 0 Å². The van der Waals surface area contributed by atoms with Crippen LogP contribution in [0.2, 0.25) is 0 Å². The van der Waals surface area contributed by atoms with E-state index < -0.39 is 4.92 Å². The highest BCUT2D eigenvalue weighted by Gasteiger charge is 2.06. The van der Waals surface area contributed by atoms with Crippen LogP contribution in [0, 0.1) is 10.1 Å². The average Bonchev–Trinajstić information content (AvgIpc) is 3.15. The van der Waals surface area contributed by atoms with E-state index in [1.807, 2.05) is 23.7 Å². The van der Waals surface area contributed by atoms with E-state index in [2.05, 4.69) is 16.0 Å². The van der Waals surface area contributed by atoms with E-state index in [-0.39, 0.29) is 5.69 Å². The summed E-state index contributed by atoms with van der Waals surface area (Å²) in [6.07, 6.45) is 0. The van der Waals surface area contributed by atoms with Gasteiger partial charge < -0.3 is 0 Å². The van der Waals surface area contributed by atoms with E-state index in [4.69, 9.17) is 0 Å². The summed E-state index contributed by atoms with van der Waals surface area (Å²) < 4.78 is 2.11. The number of thiazole rings is 2. The number of para-hydroxylation sites is 1. The topological polar surface area (TPSA) is 68.9 Å². The largest absolute Gasteiger partial charge is 0.270 e. The molecule has 0 saturated heterocycles. The van der Waals surface area contributed by atoms with Crippen LogP contribution in [0.15, 0.2) is 53.5 Å². The summed E-state index contributed by atoms with van der Waals surface area (Å²) in [5.41, 5.74) is 5.57. The summed E-state index contributed by atoms with van der Waals surface area (Å²) in [4.78, 5) is 18.1. The highest BCUT2D eigenvalue weighted by Crippen LogP contribution is 2.22. The number of non-ortho nitro benzene ring substituents is 1. The van der Waals surface area contributed by atoms with E-state index in [0.717, 1.165) is 15.7 Å². The first-order chi connectivity index (χ1) is 10.2. The predicted octanol–water partition coefficient (Wildman–Crippen LogP) is 4.50. The van der Waals surface area contributed by atoms with Crippen molar-refractivity contribution in [3.63, 3.8) is 0 Å². The van der Waals surface area contributed by atoms with Gasteiger partial charge in [0.2, 0.25) is 0 Å². The Labute approximate surface area is 127 Å². The van der Waals surface area contributed by atoms with Crippen molar-refractivity contribution < 1.29 is 4.92 Å². The summed E-state index contributed by atoms with van der Waals surface area (Å²) >= 11 is 3.08. The fraction of sp³-hybridized carbons (Fsp3) is 0. The Kier molecular flexibility index (Phi) is 3.85. The molecule has 0 radical (unpaired) electrons. The number of nitro groups is 1. The molecule has 2 heterocycles. The van der Waals surface area contributed by atoms with Gasteiger partial charge in [0.05, 0.1) is 36.4 Å². The highest BCUT2D eigenvalue weighted by atomic mass is 32.1. The molecule has 0 N–H and O–H groups in total. The van der Waals surface area contributed by atoms with Gasteiger partial charge in [0.1, 0.15) is 0 Å². The minimum absolute atomic E-state index is 0.117. The molecule has 0 unspecified atom stereocenters. The fourth-order valence-corrected chi connectivity index (χ4v) is 3.15. The lowest BCUT2D eigenvalue weighted by Gasteiger charge is -1.89. The second-order valence-electron chi connectivity index (χ2n) is 4.08. The number of nitro benzene ring substituents is 1. The molecule has 0 spiro atoms. The predicted molar refractivity (Wildman–Crippen MR) is 85.9 cm³/mol. The van der Waals surface area contributed by atoms with Gasteiger partial charge in [-0.1, -0.05) is 12.1 Å². The number of hydrogen-bond donors (Lipinski definition) is 0. The molecule has 4 aromatic rings. The van der Waals surface area contributed by atoms with Crippen LogP contribution in [0.1, 0.15) is 0 Å². The van der Waals surface area contributed by atoms with Crippen molar-refractivity contribution in [3.8, 4) is 0 Å². The molecular weight excluding hydrogens is 306 g/mol. The van der Waals surface area contributed by atoms with Crippen LogP contribution in [0.4, 0.5) is 5.69 Å². The Morgan fingerprint density at radius 1 is 0.905 bits per heavy atom. The van der Waals surface area contributed by atoms with Crippen molar-refractivity contribution in [1.82, 2.24) is 9.97 Å². The van der Waals surface area contributed by atoms with Crippen molar-refractivity contribution in [1.29, 1.82) is 0 Å². The molecule has 0 aliphatic heterocycles. The lowest BCUT2D eigenvalue weighted by Crippen LogP contribution is -1.85. The van der Waals surface area contributed by atoms with Crippen LogP contribution in [0.5, 0.6) is 0 Å². The molecule has 0 aliphatic carbocycles. The average molecular weight is 315 g/mol. The third kappa shape index (κ3) is 3.04. The van der Waals surface area contributed by atoms with Gasteiger partial charge in [-0.3, -0.25) is 10.1 Å². The van der Waals surface area contributed by atoms with Gasteiger partial charge >= 0.3 is 0 Å². The number of fused-ring (bicyclic) bond motifs is 2. The molecule has 0 saturated carbocycles. The van der Waals surface area contributed by atoms with Gasteiger partial charge in [-0.05, 0) is 18.2 Å². The minimum Gasteiger partial charge on any atom is -0.258 e. The molecule has 21 heavy (non-hydrogen) atoms. The maximum atomic E-state index is 10.4. The minimum atomic E-state index is -0.404. The summed E-state index contributed by atoms with van der Waals surface area (Å²) in [5, 5.41) is 10.4. The summed E-state index contributed by atoms with van der Waals surface area (Å²) in [6.45, 7) is 0. The standard InChI is InChI=1S/C7H4N2O2S.C7H5NS/c10-9(11)5-1-2-6-7(3-5)12-4-8-6;1-2-4-7-6(3-1)8-5-9-7/h1-4H;1-5H. The Morgan fingerprint density at radius 2 is 1.57 bits per heavy atom. The molecule has 2 aromatic heterocycles. The van der Waals surface area contributed by atoms with Gasteiger partial charge in [0.15, 0.2) is 0 Å². The number of hydrogen-bond acceptors (Lipinski definition) is 6. The van der Waals surface area contributed by atoms with Gasteiger partial charge in [0.25, 0.3) is 5.69 Å². The Bertz CT molecular complexity index is 871. The van der Waals surface area contributed by atoms with Crippen LogP contribution < -0.4 is 0 Å². The van der Waals surface area contributed by atoms with Crippen molar-refractivity contribution in [3.05, 3.63) is 63.6 Å². The van der Waals surface area contributed by atoms with Crippen LogP contribution in [0.25, 0.3) is 20.4 Å². The summed E-state index contributed by atoms with van der Waals surface area (Å²) in [6, 6.07) is 12.8. The third-order valence-electron chi connectivity index (χ3n) is 2.76. The van der Waals surface area contributed by atoms with Crippen molar-refractivity contribution in [2.75, 3.05) is 0 Å². The second-order valence-corrected chi connectivity index (χ2v) is 5.85. The zero-order valence-electron chi connectivity index (χ0n) is 10.7. The molecular formula is C14H9N3O2S2. The zero-order valence-corrected chi connectivity index (χ0v) is 12.3. The van der Waals surface area contributed by atoms with Crippen LogP contribution >= 0.6 is 22.7 Å². The van der Waals surface area contributed by atoms with E-state index >= 15 is 0 Å². The molecule has 0 amide bonds. The van der Waals surface area contributed by atoms with Crippen molar-refractivity contribution in [2.45, 2.75) is 0 Å². The molecule has 104 valence electrons. The molecule has 0 fully saturated rings. The summed E-state index contributed by atoms with van der Waals surface area (Å²) in [5.74, 6) is 0. The van der Waals surface area contributed by atoms with Gasteiger partial charge in [-0.25, -0.2) is 9.97 Å². The smallest absolute Gasteiger partial charge is 0.258 e. The number of nitrogens with zero attached hydrogens (tertiary/aromatic N) is 3. The Hall–Kier alpha value is -2.38. The molecule has 0 atom stereocenters. The molecule has 0 aliphatic rings. The molecule has 7 heteroatoms. The van der Waals surface area contributed by atoms with Crippen LogP contribution in [-0.4, -0.2) is 14.9 Å². The van der Waals surface area contributed by atoms with Gasteiger partial charge in [-0.2, -0.15) is 0 Å². The van der Waals surface area contributed by atoms with Crippen molar-refractivity contribution >= 4 is 48.8 Å². The zero-order chi connectivity index (χ0) is 14.7. The Balaban J connectivity index is 0.000000131. The van der Waals surface area contributed by atoms with Gasteiger partial charge in [0, 0.05) is 12.1 Å². The lowest BCUT2D eigenvalue weighted by atomic mass is 10.3. The summed E-state index contributed by atoms with van der Waals surface area (Å²) in [7, 11) is 0. The molecule has 0 bridgehead atoms. The number of benzene rings is 2. The van der Waals surface area contributed by atoms with Crippen LogP contribution in [-0.2, 0) is 0 Å². The van der Waals surface area contributed by atoms with E-state index in [9.17, 15) is 10.1 Å². The Morgan fingerprint density at radius 3 is 2.29 bits per heavy atom. The maximum absolute atomic E-state index is 10.4. The highest BCUT2D eigenvalue weighted by molar-refractivity contribution is 7.17. The monoisotopic (exact) mass is 315 g/mol. The normalized spacial score (nSPS) is 10.3. The van der Waals surface area contributed by atoms with E-state index in [1.54, 1.807) is 22.9 Å². The fourth-order valence-electron chi connectivity index (χ4n) is 1.76. The molecule has 4 rings (SSSR count). The quantitative estimate of drug-likeness (QED) is 0.383. The van der Waals surface area contributed by atoms with Gasteiger partial charge in [-0.15, -0.1) is 22.7 Å². The first-order valence-electron chi connectivity index (χ1n) is 6.00.